The van der Waals surface area contributed by atoms with Crippen LogP contribution in [0.5, 0.6) is 5.75 Å². The minimum absolute atomic E-state index is 0.157. The molecule has 144 valence electrons. The number of hydrogen-bond donors (Lipinski definition) is 1. The number of rotatable bonds is 4. The van der Waals surface area contributed by atoms with Gasteiger partial charge in [0.25, 0.3) is 5.91 Å². The predicted octanol–water partition coefficient (Wildman–Crippen LogP) is 4.55. The van der Waals surface area contributed by atoms with E-state index < -0.39 is 5.97 Å². The third-order valence-corrected chi connectivity index (χ3v) is 4.70. The topological polar surface area (TPSA) is 64.6 Å². The summed E-state index contributed by atoms with van der Waals surface area (Å²) in [7, 11) is 1.31. The highest BCUT2D eigenvalue weighted by Crippen LogP contribution is 2.31. The smallest absolute Gasteiger partial charge is 0.339 e. The van der Waals surface area contributed by atoms with Gasteiger partial charge in [0.2, 0.25) is 0 Å². The second kappa shape index (κ2) is 8.02. The van der Waals surface area contributed by atoms with E-state index in [4.69, 9.17) is 9.47 Å². The molecule has 1 aliphatic rings. The lowest BCUT2D eigenvalue weighted by molar-refractivity contribution is -0.113. The molecule has 0 spiro atoms. The number of methoxy groups -OCH3 is 1. The molecule has 0 saturated heterocycles. The highest BCUT2D eigenvalue weighted by Gasteiger charge is 2.20. The number of esters is 1. The van der Waals surface area contributed by atoms with E-state index in [1.807, 2.05) is 54.6 Å². The first kappa shape index (κ1) is 18.5. The van der Waals surface area contributed by atoms with Crippen molar-refractivity contribution in [1.29, 1.82) is 0 Å². The number of anilines is 1. The van der Waals surface area contributed by atoms with Crippen molar-refractivity contribution in [2.45, 2.75) is 0 Å². The fourth-order valence-corrected chi connectivity index (χ4v) is 3.20. The van der Waals surface area contributed by atoms with Gasteiger partial charge in [0.1, 0.15) is 12.4 Å². The van der Waals surface area contributed by atoms with E-state index in [9.17, 15) is 9.59 Å². The Morgan fingerprint density at radius 2 is 1.69 bits per heavy atom. The number of carbonyl (C=O) groups excluding carboxylic acids is 2. The van der Waals surface area contributed by atoms with Crippen LogP contribution >= 0.6 is 0 Å². The van der Waals surface area contributed by atoms with E-state index >= 15 is 0 Å². The maximum Gasteiger partial charge on any atom is 0.339 e. The van der Waals surface area contributed by atoms with Crippen LogP contribution in [0.4, 0.5) is 5.69 Å². The van der Waals surface area contributed by atoms with E-state index in [-0.39, 0.29) is 12.5 Å². The number of benzene rings is 3. The van der Waals surface area contributed by atoms with Gasteiger partial charge in [-0.05, 0) is 41.5 Å². The Hall–Kier alpha value is -3.86. The van der Waals surface area contributed by atoms with Gasteiger partial charge in [-0.25, -0.2) is 4.79 Å². The SMILES string of the molecule is COC(=O)c1ccccc1NC(=O)C1=Cc2cc(-c3ccccc3)ccc2OC1. The fourth-order valence-electron chi connectivity index (χ4n) is 3.20. The summed E-state index contributed by atoms with van der Waals surface area (Å²) in [5, 5.41) is 2.78. The van der Waals surface area contributed by atoms with Crippen molar-refractivity contribution in [3.63, 3.8) is 0 Å². The molecule has 1 N–H and O–H groups in total. The first-order valence-electron chi connectivity index (χ1n) is 9.17. The summed E-state index contributed by atoms with van der Waals surface area (Å²) in [5.74, 6) is -0.0964. The van der Waals surface area contributed by atoms with Gasteiger partial charge in [0, 0.05) is 5.56 Å². The van der Waals surface area contributed by atoms with Crippen molar-refractivity contribution >= 4 is 23.6 Å². The molecule has 5 heteroatoms. The van der Waals surface area contributed by atoms with Crippen LogP contribution in [-0.2, 0) is 9.53 Å². The number of carbonyl (C=O) groups is 2. The van der Waals surface area contributed by atoms with Crippen LogP contribution in [-0.4, -0.2) is 25.6 Å². The Labute approximate surface area is 168 Å². The van der Waals surface area contributed by atoms with Crippen molar-refractivity contribution in [2.75, 3.05) is 19.0 Å². The van der Waals surface area contributed by atoms with Gasteiger partial charge in [-0.2, -0.15) is 0 Å². The van der Waals surface area contributed by atoms with Crippen LogP contribution in [0.1, 0.15) is 15.9 Å². The minimum atomic E-state index is -0.507. The monoisotopic (exact) mass is 385 g/mol. The first-order valence-corrected chi connectivity index (χ1v) is 9.17. The van der Waals surface area contributed by atoms with Gasteiger partial charge in [-0.15, -0.1) is 0 Å². The number of nitrogens with one attached hydrogen (secondary N) is 1. The molecule has 5 nitrogen and oxygen atoms in total. The first-order chi connectivity index (χ1) is 14.2. The molecule has 0 unspecified atom stereocenters. The molecule has 29 heavy (non-hydrogen) atoms. The Morgan fingerprint density at radius 1 is 0.931 bits per heavy atom. The lowest BCUT2D eigenvalue weighted by atomic mass is 9.99. The molecule has 0 fully saturated rings. The normalized spacial score (nSPS) is 12.2. The van der Waals surface area contributed by atoms with Gasteiger partial charge in [0.15, 0.2) is 0 Å². The fraction of sp³-hybridized carbons (Fsp3) is 0.0833. The Bertz CT molecular complexity index is 1100. The quantitative estimate of drug-likeness (QED) is 0.669. The molecule has 0 bridgehead atoms. The standard InChI is InChI=1S/C24H19NO4/c1-28-24(27)20-9-5-6-10-21(20)25-23(26)19-14-18-13-17(11-12-22(18)29-15-19)16-7-3-2-4-8-16/h2-14H,15H2,1H3,(H,25,26). The molecule has 3 aromatic carbocycles. The molecule has 0 aliphatic carbocycles. The second-order valence-electron chi connectivity index (χ2n) is 6.57. The summed E-state index contributed by atoms with van der Waals surface area (Å²) >= 11 is 0. The number of amides is 1. The summed E-state index contributed by atoms with van der Waals surface area (Å²) in [5.41, 5.74) is 4.14. The number of hydrogen-bond acceptors (Lipinski definition) is 4. The van der Waals surface area contributed by atoms with E-state index in [1.165, 1.54) is 7.11 Å². The summed E-state index contributed by atoms with van der Waals surface area (Å²) in [4.78, 5) is 24.7. The summed E-state index contributed by atoms with van der Waals surface area (Å²) < 4.78 is 10.5. The lowest BCUT2D eigenvalue weighted by Crippen LogP contribution is -2.22. The largest absolute Gasteiger partial charge is 0.488 e. The van der Waals surface area contributed by atoms with Crippen LogP contribution in [0.15, 0.2) is 78.4 Å². The van der Waals surface area contributed by atoms with Crippen LogP contribution in [0.25, 0.3) is 17.2 Å². The molecule has 0 aromatic heterocycles. The molecule has 1 amide bonds. The van der Waals surface area contributed by atoms with Crippen molar-refractivity contribution in [1.82, 2.24) is 0 Å². The minimum Gasteiger partial charge on any atom is -0.488 e. The maximum absolute atomic E-state index is 12.8. The van der Waals surface area contributed by atoms with Gasteiger partial charge in [0.05, 0.1) is 23.9 Å². The maximum atomic E-state index is 12.8. The Balaban J connectivity index is 1.61. The summed E-state index contributed by atoms with van der Waals surface area (Å²) in [6.07, 6.45) is 1.82. The molecule has 3 aromatic rings. The molecule has 1 aliphatic heterocycles. The number of ether oxygens (including phenoxy) is 2. The molecular weight excluding hydrogens is 366 g/mol. The third kappa shape index (κ3) is 3.89. The van der Waals surface area contributed by atoms with E-state index in [0.717, 1.165) is 22.4 Å². The van der Waals surface area contributed by atoms with Gasteiger partial charge in [-0.3, -0.25) is 4.79 Å². The highest BCUT2D eigenvalue weighted by atomic mass is 16.5. The van der Waals surface area contributed by atoms with Crippen molar-refractivity contribution < 1.29 is 19.1 Å². The van der Waals surface area contributed by atoms with Crippen LogP contribution in [0, 0.1) is 0 Å². The van der Waals surface area contributed by atoms with Gasteiger partial charge < -0.3 is 14.8 Å². The zero-order valence-corrected chi connectivity index (χ0v) is 15.8. The highest BCUT2D eigenvalue weighted by molar-refractivity contribution is 6.10. The Morgan fingerprint density at radius 3 is 2.48 bits per heavy atom. The lowest BCUT2D eigenvalue weighted by Gasteiger charge is -2.19. The molecule has 4 rings (SSSR count). The summed E-state index contributed by atoms with van der Waals surface area (Å²) in [6.45, 7) is 0.157. The predicted molar refractivity (Wildman–Crippen MR) is 112 cm³/mol. The summed E-state index contributed by atoms with van der Waals surface area (Å²) in [6, 6.07) is 22.6. The number of para-hydroxylation sites is 1. The van der Waals surface area contributed by atoms with Gasteiger partial charge in [-0.1, -0.05) is 48.5 Å². The van der Waals surface area contributed by atoms with Crippen molar-refractivity contribution in [3.8, 4) is 16.9 Å². The van der Waals surface area contributed by atoms with Crippen LogP contribution in [0.3, 0.4) is 0 Å². The van der Waals surface area contributed by atoms with Crippen molar-refractivity contribution in [2.24, 2.45) is 0 Å². The van der Waals surface area contributed by atoms with E-state index in [1.54, 1.807) is 24.3 Å². The zero-order valence-electron chi connectivity index (χ0n) is 15.8. The Kier molecular flexibility index (Phi) is 5.12. The van der Waals surface area contributed by atoms with E-state index in [2.05, 4.69) is 5.32 Å². The van der Waals surface area contributed by atoms with Crippen molar-refractivity contribution in [3.05, 3.63) is 89.5 Å². The zero-order chi connectivity index (χ0) is 20.2. The average Bonchev–Trinajstić information content (AvgIpc) is 2.78. The second-order valence-corrected chi connectivity index (χ2v) is 6.57. The third-order valence-electron chi connectivity index (χ3n) is 4.70. The molecule has 1 heterocycles. The van der Waals surface area contributed by atoms with Crippen LogP contribution in [0.2, 0.25) is 0 Å². The number of fused-ring (bicyclic) bond motifs is 1. The van der Waals surface area contributed by atoms with Gasteiger partial charge >= 0.3 is 5.97 Å². The molecule has 0 atom stereocenters. The molecular formula is C24H19NO4. The molecule has 0 radical (unpaired) electrons. The van der Waals surface area contributed by atoms with Crippen LogP contribution < -0.4 is 10.1 Å². The average molecular weight is 385 g/mol. The molecule has 0 saturated carbocycles. The van der Waals surface area contributed by atoms with E-state index in [0.29, 0.717) is 16.8 Å².